The Bertz CT molecular complexity index is 850. The Morgan fingerprint density at radius 1 is 1.00 bits per heavy atom. The van der Waals surface area contributed by atoms with E-state index >= 15 is 0 Å². The second-order valence-electron chi connectivity index (χ2n) is 6.85. The molecule has 3 rings (SSSR count). The van der Waals surface area contributed by atoms with E-state index in [2.05, 4.69) is 16.9 Å². The number of nitrogens with one attached hydrogen (secondary N) is 1. The molecule has 150 valence electrons. The summed E-state index contributed by atoms with van der Waals surface area (Å²) in [6, 6.07) is 18.5. The van der Waals surface area contributed by atoms with Crippen molar-refractivity contribution in [1.29, 1.82) is 0 Å². The third-order valence-electron chi connectivity index (χ3n) is 4.77. The van der Waals surface area contributed by atoms with E-state index in [-0.39, 0.29) is 16.8 Å². The zero-order valence-corrected chi connectivity index (χ0v) is 17.4. The maximum absolute atomic E-state index is 12.4. The maximum Gasteiger partial charge on any atom is 0.240 e. The second kappa shape index (κ2) is 10.1. The van der Waals surface area contributed by atoms with Gasteiger partial charge in [0.2, 0.25) is 15.9 Å². The molecule has 2 aromatic rings. The van der Waals surface area contributed by atoms with E-state index in [4.69, 9.17) is 0 Å². The van der Waals surface area contributed by atoms with Gasteiger partial charge in [-0.25, -0.2) is 13.1 Å². The van der Waals surface area contributed by atoms with Crippen LogP contribution in [0.15, 0.2) is 70.5 Å². The zero-order valence-electron chi connectivity index (χ0n) is 15.8. The maximum atomic E-state index is 12.4. The number of carbonyl (C=O) groups excluding carboxylic acids is 1. The predicted molar refractivity (Wildman–Crippen MR) is 113 cm³/mol. The fourth-order valence-corrected chi connectivity index (χ4v) is 5.42. The largest absolute Gasteiger partial charge is 0.343 e. The minimum absolute atomic E-state index is 0.122. The molecule has 0 spiro atoms. The van der Waals surface area contributed by atoms with Crippen molar-refractivity contribution in [3.8, 4) is 0 Å². The normalized spacial score (nSPS) is 15.5. The lowest BCUT2D eigenvalue weighted by Gasteiger charge is -2.32. The molecule has 0 bridgehead atoms. The number of carbonyl (C=O) groups is 1. The van der Waals surface area contributed by atoms with Crippen molar-refractivity contribution in [3.05, 3.63) is 60.7 Å². The van der Waals surface area contributed by atoms with Crippen molar-refractivity contribution < 1.29 is 13.2 Å². The molecule has 1 heterocycles. The minimum Gasteiger partial charge on any atom is -0.343 e. The molecule has 1 aliphatic heterocycles. The van der Waals surface area contributed by atoms with E-state index in [0.717, 1.165) is 12.2 Å². The van der Waals surface area contributed by atoms with Gasteiger partial charge in [0.15, 0.2) is 0 Å². The van der Waals surface area contributed by atoms with Gasteiger partial charge in [0.1, 0.15) is 0 Å². The van der Waals surface area contributed by atoms with Crippen LogP contribution in [0.1, 0.15) is 25.7 Å². The van der Waals surface area contributed by atoms with Crippen molar-refractivity contribution in [2.24, 2.45) is 0 Å². The Morgan fingerprint density at radius 3 is 2.25 bits per heavy atom. The van der Waals surface area contributed by atoms with Crippen molar-refractivity contribution in [2.75, 3.05) is 18.8 Å². The molecule has 1 saturated heterocycles. The molecule has 1 aliphatic rings. The number of hydrogen-bond acceptors (Lipinski definition) is 4. The molecular weight excluding hydrogens is 392 g/mol. The van der Waals surface area contributed by atoms with Crippen LogP contribution in [0.4, 0.5) is 0 Å². The molecular formula is C21H26N2O3S2. The van der Waals surface area contributed by atoms with Crippen LogP contribution in [0.3, 0.4) is 0 Å². The lowest BCUT2D eigenvalue weighted by atomic mass is 10.1. The summed E-state index contributed by atoms with van der Waals surface area (Å²) in [5.41, 5.74) is 0. The quantitative estimate of drug-likeness (QED) is 0.526. The van der Waals surface area contributed by atoms with Crippen LogP contribution in [-0.2, 0) is 14.8 Å². The summed E-state index contributed by atoms with van der Waals surface area (Å²) < 4.78 is 27.6. The van der Waals surface area contributed by atoms with Crippen LogP contribution in [0.25, 0.3) is 0 Å². The fraction of sp³-hybridized carbons (Fsp3) is 0.381. The number of hydrogen-bond donors (Lipinski definition) is 1. The number of benzene rings is 2. The first-order valence-corrected chi connectivity index (χ1v) is 12.0. The van der Waals surface area contributed by atoms with Gasteiger partial charge in [-0.1, -0.05) is 36.4 Å². The van der Waals surface area contributed by atoms with E-state index in [9.17, 15) is 13.2 Å². The molecule has 1 amide bonds. The van der Waals surface area contributed by atoms with E-state index < -0.39 is 10.0 Å². The molecule has 0 aliphatic carbocycles. The molecule has 0 saturated carbocycles. The summed E-state index contributed by atoms with van der Waals surface area (Å²) in [5.74, 6) is 1.08. The summed E-state index contributed by atoms with van der Waals surface area (Å²) >= 11 is 1.77. The molecule has 0 aromatic heterocycles. The van der Waals surface area contributed by atoms with E-state index in [1.54, 1.807) is 42.1 Å². The highest BCUT2D eigenvalue weighted by molar-refractivity contribution is 7.99. The van der Waals surface area contributed by atoms with Gasteiger partial charge in [-0.2, -0.15) is 0 Å². The summed E-state index contributed by atoms with van der Waals surface area (Å²) in [4.78, 5) is 15.8. The average molecular weight is 419 g/mol. The van der Waals surface area contributed by atoms with Crippen LogP contribution < -0.4 is 4.72 Å². The first kappa shape index (κ1) is 20.9. The third-order valence-corrected chi connectivity index (χ3v) is 7.40. The monoisotopic (exact) mass is 418 g/mol. The Kier molecular flexibility index (Phi) is 7.53. The fourth-order valence-electron chi connectivity index (χ4n) is 3.22. The number of likely N-dealkylation sites (tertiary alicyclic amines) is 1. The smallest absolute Gasteiger partial charge is 0.240 e. The average Bonchev–Trinajstić information content (AvgIpc) is 2.73. The van der Waals surface area contributed by atoms with Crippen LogP contribution >= 0.6 is 11.8 Å². The molecule has 0 unspecified atom stereocenters. The van der Waals surface area contributed by atoms with Crippen LogP contribution in [-0.4, -0.2) is 44.1 Å². The SMILES string of the molecule is O=C(CCCSc1ccccc1)N1CCC(NS(=O)(=O)c2ccccc2)CC1. The van der Waals surface area contributed by atoms with E-state index in [0.29, 0.717) is 32.4 Å². The van der Waals surface area contributed by atoms with Crippen LogP contribution in [0, 0.1) is 0 Å². The van der Waals surface area contributed by atoms with Crippen molar-refractivity contribution in [1.82, 2.24) is 9.62 Å². The number of amides is 1. The summed E-state index contributed by atoms with van der Waals surface area (Å²) in [6.45, 7) is 1.21. The van der Waals surface area contributed by atoms with Gasteiger partial charge >= 0.3 is 0 Å². The minimum atomic E-state index is -3.50. The molecule has 0 radical (unpaired) electrons. The predicted octanol–water partition coefficient (Wildman–Crippen LogP) is 3.53. The summed E-state index contributed by atoms with van der Waals surface area (Å²) in [6.07, 6.45) is 2.69. The van der Waals surface area contributed by atoms with Crippen molar-refractivity contribution in [2.45, 2.75) is 41.5 Å². The molecule has 1 N–H and O–H groups in total. The number of rotatable bonds is 8. The standard InChI is InChI=1S/C21H26N2O3S2/c24-21(12-7-17-27-19-8-3-1-4-9-19)23-15-13-18(14-16-23)22-28(25,26)20-10-5-2-6-11-20/h1-6,8-11,18,22H,7,12-17H2. The molecule has 1 fully saturated rings. The van der Waals surface area contributed by atoms with E-state index in [1.165, 1.54) is 4.90 Å². The Balaban J connectivity index is 1.38. The highest BCUT2D eigenvalue weighted by Gasteiger charge is 2.26. The number of thioether (sulfide) groups is 1. The highest BCUT2D eigenvalue weighted by atomic mass is 32.2. The van der Waals surface area contributed by atoms with E-state index in [1.807, 2.05) is 23.1 Å². The Hall–Kier alpha value is -1.83. The Labute approximate surface area is 171 Å². The van der Waals surface area contributed by atoms with Crippen molar-refractivity contribution in [3.63, 3.8) is 0 Å². The second-order valence-corrected chi connectivity index (χ2v) is 9.74. The summed E-state index contributed by atoms with van der Waals surface area (Å²) in [5, 5.41) is 0. The molecule has 7 heteroatoms. The lowest BCUT2D eigenvalue weighted by Crippen LogP contribution is -2.46. The molecule has 28 heavy (non-hydrogen) atoms. The van der Waals surface area contributed by atoms with Gasteiger partial charge in [-0.05, 0) is 49.3 Å². The summed E-state index contributed by atoms with van der Waals surface area (Å²) in [7, 11) is -3.50. The first-order chi connectivity index (χ1) is 13.5. The molecule has 0 atom stereocenters. The Morgan fingerprint density at radius 2 is 1.61 bits per heavy atom. The highest BCUT2D eigenvalue weighted by Crippen LogP contribution is 2.20. The van der Waals surface area contributed by atoms with Gasteiger partial charge in [0.25, 0.3) is 0 Å². The first-order valence-electron chi connectivity index (χ1n) is 9.57. The lowest BCUT2D eigenvalue weighted by molar-refractivity contribution is -0.132. The number of nitrogens with zero attached hydrogens (tertiary/aromatic N) is 1. The number of sulfonamides is 1. The van der Waals surface area contributed by atoms with Crippen LogP contribution in [0.2, 0.25) is 0 Å². The van der Waals surface area contributed by atoms with Crippen LogP contribution in [0.5, 0.6) is 0 Å². The van der Waals surface area contributed by atoms with Gasteiger partial charge < -0.3 is 4.90 Å². The molecule has 5 nitrogen and oxygen atoms in total. The third kappa shape index (κ3) is 6.09. The van der Waals surface area contributed by atoms with Gasteiger partial charge in [-0.3, -0.25) is 4.79 Å². The van der Waals surface area contributed by atoms with Gasteiger partial charge in [0, 0.05) is 30.4 Å². The zero-order chi connectivity index (χ0) is 19.8. The van der Waals surface area contributed by atoms with Gasteiger partial charge in [0.05, 0.1) is 4.90 Å². The van der Waals surface area contributed by atoms with Crippen molar-refractivity contribution >= 4 is 27.7 Å². The topological polar surface area (TPSA) is 66.5 Å². The number of piperidine rings is 1. The molecule has 2 aromatic carbocycles. The van der Waals surface area contributed by atoms with Gasteiger partial charge in [-0.15, -0.1) is 11.8 Å².